The second-order valence-corrected chi connectivity index (χ2v) is 4.77. The molecule has 0 bridgehead atoms. The van der Waals surface area contributed by atoms with Crippen molar-refractivity contribution in [2.45, 2.75) is 31.2 Å². The van der Waals surface area contributed by atoms with Crippen LogP contribution >= 0.6 is 0 Å². The van der Waals surface area contributed by atoms with Gasteiger partial charge in [-0.1, -0.05) is 18.2 Å². The normalized spacial score (nSPS) is 17.6. The Morgan fingerprint density at radius 3 is 2.81 bits per heavy atom. The van der Waals surface area contributed by atoms with Crippen molar-refractivity contribution in [1.82, 2.24) is 10.2 Å². The van der Waals surface area contributed by atoms with Gasteiger partial charge in [-0.2, -0.15) is 10.2 Å². The lowest BCUT2D eigenvalue weighted by Crippen LogP contribution is -2.22. The molecule has 1 aromatic heterocycles. The third-order valence-corrected chi connectivity index (χ3v) is 3.46. The number of nitrogens with two attached hydrogens (primary N) is 1. The van der Waals surface area contributed by atoms with Crippen LogP contribution in [-0.2, 0) is 6.42 Å². The Bertz CT molecular complexity index is 512. The lowest BCUT2D eigenvalue weighted by atomic mass is 10.0. The lowest BCUT2D eigenvalue weighted by molar-refractivity contribution is 0.610. The van der Waals surface area contributed by atoms with Crippen LogP contribution in [0.15, 0.2) is 30.6 Å². The molecule has 2 N–H and O–H groups in total. The van der Waals surface area contributed by atoms with E-state index < -0.39 is 0 Å². The monoisotopic (exact) mass is 213 g/mol. The van der Waals surface area contributed by atoms with Gasteiger partial charge in [0.2, 0.25) is 0 Å². The average molecular weight is 213 g/mol. The summed E-state index contributed by atoms with van der Waals surface area (Å²) in [7, 11) is 0. The summed E-state index contributed by atoms with van der Waals surface area (Å²) in [6.45, 7) is 0. The summed E-state index contributed by atoms with van der Waals surface area (Å²) in [4.78, 5) is 0. The van der Waals surface area contributed by atoms with Gasteiger partial charge in [-0.15, -0.1) is 0 Å². The average Bonchev–Trinajstić information content (AvgIpc) is 3.05. The maximum Gasteiger partial charge on any atom is 0.0577 e. The van der Waals surface area contributed by atoms with E-state index in [0.717, 1.165) is 18.2 Å². The maximum atomic E-state index is 6.11. The topological polar surface area (TPSA) is 51.8 Å². The highest BCUT2D eigenvalue weighted by Gasteiger charge is 2.37. The van der Waals surface area contributed by atoms with Gasteiger partial charge in [-0.25, -0.2) is 0 Å². The van der Waals surface area contributed by atoms with Gasteiger partial charge < -0.3 is 5.73 Å². The van der Waals surface area contributed by atoms with E-state index in [2.05, 4.69) is 28.4 Å². The molecule has 0 unspecified atom stereocenters. The Balaban J connectivity index is 1.90. The fraction of sp³-hybridized carbons (Fsp3) is 0.385. The Morgan fingerprint density at radius 1 is 1.19 bits per heavy atom. The first-order valence-electron chi connectivity index (χ1n) is 5.74. The predicted octanol–water partition coefficient (Wildman–Crippen LogP) is 2.05. The fourth-order valence-corrected chi connectivity index (χ4v) is 2.10. The predicted molar refractivity (Wildman–Crippen MR) is 64.0 cm³/mol. The van der Waals surface area contributed by atoms with Gasteiger partial charge in [0.15, 0.2) is 0 Å². The molecule has 1 fully saturated rings. The van der Waals surface area contributed by atoms with Gasteiger partial charge in [0.05, 0.1) is 12.4 Å². The summed E-state index contributed by atoms with van der Waals surface area (Å²) >= 11 is 0. The van der Waals surface area contributed by atoms with Crippen LogP contribution in [-0.4, -0.2) is 15.7 Å². The third-order valence-electron chi connectivity index (χ3n) is 3.46. The van der Waals surface area contributed by atoms with Crippen LogP contribution < -0.4 is 5.73 Å². The van der Waals surface area contributed by atoms with Crippen LogP contribution in [0.1, 0.15) is 24.8 Å². The van der Waals surface area contributed by atoms with Gasteiger partial charge in [-0.3, -0.25) is 0 Å². The third kappa shape index (κ3) is 1.78. The maximum absolute atomic E-state index is 6.11. The number of fused-ring (bicyclic) bond motifs is 1. The SMILES string of the molecule is NC1(CCc2cccc3cnncc23)CC1. The second-order valence-electron chi connectivity index (χ2n) is 4.77. The molecule has 82 valence electrons. The van der Waals surface area contributed by atoms with Crippen molar-refractivity contribution in [3.05, 3.63) is 36.2 Å². The molecular weight excluding hydrogens is 198 g/mol. The zero-order valence-electron chi connectivity index (χ0n) is 9.19. The highest BCUT2D eigenvalue weighted by atomic mass is 15.1. The van der Waals surface area contributed by atoms with E-state index in [0.29, 0.717) is 0 Å². The van der Waals surface area contributed by atoms with E-state index in [-0.39, 0.29) is 5.54 Å². The van der Waals surface area contributed by atoms with E-state index in [4.69, 9.17) is 5.73 Å². The Morgan fingerprint density at radius 2 is 2.00 bits per heavy atom. The minimum absolute atomic E-state index is 0.128. The molecule has 0 saturated heterocycles. The van der Waals surface area contributed by atoms with Gasteiger partial charge in [0.1, 0.15) is 0 Å². The molecule has 3 heteroatoms. The summed E-state index contributed by atoms with van der Waals surface area (Å²) in [5.74, 6) is 0. The molecule has 0 amide bonds. The van der Waals surface area contributed by atoms with Crippen molar-refractivity contribution in [2.75, 3.05) is 0 Å². The summed E-state index contributed by atoms with van der Waals surface area (Å²) in [6, 6.07) is 6.31. The van der Waals surface area contributed by atoms with Crippen molar-refractivity contribution in [1.29, 1.82) is 0 Å². The molecular formula is C13H15N3. The smallest absolute Gasteiger partial charge is 0.0577 e. The molecule has 16 heavy (non-hydrogen) atoms. The molecule has 1 aromatic carbocycles. The van der Waals surface area contributed by atoms with Gasteiger partial charge in [-0.05, 0) is 31.2 Å². The van der Waals surface area contributed by atoms with Crippen LogP contribution in [0.4, 0.5) is 0 Å². The molecule has 0 radical (unpaired) electrons. The van der Waals surface area contributed by atoms with Crippen LogP contribution in [0.5, 0.6) is 0 Å². The van der Waals surface area contributed by atoms with Gasteiger partial charge >= 0.3 is 0 Å². The van der Waals surface area contributed by atoms with Gasteiger partial charge in [0.25, 0.3) is 0 Å². The van der Waals surface area contributed by atoms with Gasteiger partial charge in [0, 0.05) is 16.3 Å². The van der Waals surface area contributed by atoms with Crippen LogP contribution in [0.2, 0.25) is 0 Å². The highest BCUT2D eigenvalue weighted by molar-refractivity contribution is 5.83. The van der Waals surface area contributed by atoms with Crippen molar-refractivity contribution < 1.29 is 0 Å². The Kier molecular flexibility index (Phi) is 2.14. The van der Waals surface area contributed by atoms with E-state index in [9.17, 15) is 0 Å². The molecule has 0 spiro atoms. The first-order valence-corrected chi connectivity index (χ1v) is 5.74. The minimum Gasteiger partial charge on any atom is -0.325 e. The van der Waals surface area contributed by atoms with Crippen LogP contribution in [0, 0.1) is 0 Å². The molecule has 3 nitrogen and oxygen atoms in total. The molecule has 0 aliphatic heterocycles. The second kappa shape index (κ2) is 3.52. The Hall–Kier alpha value is -1.48. The highest BCUT2D eigenvalue weighted by Crippen LogP contribution is 2.37. The zero-order chi connectivity index (χ0) is 11.0. The standard InChI is InChI=1S/C13H15N3/c14-13(6-7-13)5-4-10-2-1-3-11-8-15-16-9-12(10)11/h1-3,8-9H,4-7,14H2. The van der Waals surface area contributed by atoms with Crippen molar-refractivity contribution in [3.63, 3.8) is 0 Å². The molecule has 0 atom stereocenters. The van der Waals surface area contributed by atoms with Crippen LogP contribution in [0.25, 0.3) is 10.8 Å². The van der Waals surface area contributed by atoms with Crippen molar-refractivity contribution in [2.24, 2.45) is 5.73 Å². The number of nitrogens with zero attached hydrogens (tertiary/aromatic N) is 2. The molecule has 3 rings (SSSR count). The molecule has 1 aliphatic carbocycles. The Labute approximate surface area is 94.7 Å². The van der Waals surface area contributed by atoms with E-state index in [1.807, 2.05) is 12.4 Å². The van der Waals surface area contributed by atoms with E-state index in [1.165, 1.54) is 23.8 Å². The first kappa shape index (κ1) is 9.73. The van der Waals surface area contributed by atoms with Crippen molar-refractivity contribution in [3.8, 4) is 0 Å². The quantitative estimate of drug-likeness (QED) is 0.849. The van der Waals surface area contributed by atoms with E-state index in [1.54, 1.807) is 0 Å². The van der Waals surface area contributed by atoms with Crippen LogP contribution in [0.3, 0.4) is 0 Å². The molecule has 1 aliphatic rings. The largest absolute Gasteiger partial charge is 0.325 e. The molecule has 2 aromatic rings. The number of rotatable bonds is 3. The van der Waals surface area contributed by atoms with E-state index >= 15 is 0 Å². The molecule has 1 saturated carbocycles. The number of hydrogen-bond acceptors (Lipinski definition) is 3. The zero-order valence-corrected chi connectivity index (χ0v) is 9.19. The van der Waals surface area contributed by atoms with Crippen molar-refractivity contribution >= 4 is 10.8 Å². The number of aromatic nitrogens is 2. The summed E-state index contributed by atoms with van der Waals surface area (Å²) < 4.78 is 0. The first-order chi connectivity index (χ1) is 7.77. The summed E-state index contributed by atoms with van der Waals surface area (Å²) in [5.41, 5.74) is 7.58. The summed E-state index contributed by atoms with van der Waals surface area (Å²) in [5, 5.41) is 10.2. The number of aryl methyl sites for hydroxylation is 1. The number of hydrogen-bond donors (Lipinski definition) is 1. The summed E-state index contributed by atoms with van der Waals surface area (Å²) in [6.07, 6.45) is 8.14. The fourth-order valence-electron chi connectivity index (χ4n) is 2.10. The number of benzene rings is 1. The minimum atomic E-state index is 0.128. The lowest BCUT2D eigenvalue weighted by Gasteiger charge is -2.09. The molecule has 1 heterocycles.